The van der Waals surface area contributed by atoms with Gasteiger partial charge in [0.25, 0.3) is 0 Å². The molecule has 0 atom stereocenters. The van der Waals surface area contributed by atoms with E-state index >= 15 is 0 Å². The van der Waals surface area contributed by atoms with Crippen molar-refractivity contribution >= 4 is 83.8 Å². The van der Waals surface area contributed by atoms with Crippen LogP contribution in [-0.4, -0.2) is 25.6 Å². The number of pyridine rings is 1. The van der Waals surface area contributed by atoms with Gasteiger partial charge in [-0.3, -0.25) is 4.90 Å². The predicted octanol–water partition coefficient (Wildman–Crippen LogP) is 11.1. The summed E-state index contributed by atoms with van der Waals surface area (Å²) in [6.07, 6.45) is 1.94. The summed E-state index contributed by atoms with van der Waals surface area (Å²) in [5, 5.41) is 14.8. The number of para-hydroxylation sites is 1. The highest BCUT2D eigenvalue weighted by Crippen LogP contribution is 2.44. The monoisotopic (exact) mass is 650 g/mol. The maximum atomic E-state index is 5.29. The smallest absolute Gasteiger partial charge is 0.250 e. The van der Waals surface area contributed by atoms with E-state index in [0.29, 0.717) is 21.8 Å². The molecule has 0 saturated heterocycles. The van der Waals surface area contributed by atoms with Crippen LogP contribution in [0.15, 0.2) is 70.0 Å². The van der Waals surface area contributed by atoms with E-state index in [1.165, 1.54) is 34.4 Å². The van der Waals surface area contributed by atoms with E-state index < -0.39 is 0 Å². The van der Waals surface area contributed by atoms with E-state index in [4.69, 9.17) is 15.1 Å². The fourth-order valence-electron chi connectivity index (χ4n) is 5.68. The van der Waals surface area contributed by atoms with Crippen LogP contribution in [0.5, 0.6) is 0 Å². The van der Waals surface area contributed by atoms with Crippen molar-refractivity contribution in [2.24, 2.45) is 10.2 Å². The average Bonchev–Trinajstić information content (AvgIpc) is 3.63. The van der Waals surface area contributed by atoms with Crippen LogP contribution in [0, 0.1) is 48.5 Å². The van der Waals surface area contributed by atoms with Gasteiger partial charge in [-0.25, -0.2) is 9.97 Å². The molecule has 0 fully saturated rings. The molecule has 0 radical (unpaired) electrons. The summed E-state index contributed by atoms with van der Waals surface area (Å²) < 4.78 is 5.45. The highest BCUT2D eigenvalue weighted by Gasteiger charge is 2.24. The third kappa shape index (κ3) is 6.33. The Kier molecular flexibility index (Phi) is 8.67. The largest absolute Gasteiger partial charge is 0.338 e. The number of fused-ring (bicyclic) bond motifs is 1. The summed E-state index contributed by atoms with van der Waals surface area (Å²) >= 11 is 4.36. The first-order valence-corrected chi connectivity index (χ1v) is 17.3. The summed E-state index contributed by atoms with van der Waals surface area (Å²) in [7, 11) is 0. The Morgan fingerprint density at radius 1 is 0.756 bits per heavy atom. The van der Waals surface area contributed by atoms with Crippen molar-refractivity contribution in [1.29, 1.82) is 0 Å². The Bertz CT molecular complexity index is 2000. The molecular formula is C34H34N8S3. The van der Waals surface area contributed by atoms with Crippen molar-refractivity contribution in [3.8, 4) is 0 Å². The van der Waals surface area contributed by atoms with Gasteiger partial charge in [-0.2, -0.15) is 9.36 Å². The normalized spacial score (nSPS) is 11.6. The van der Waals surface area contributed by atoms with Gasteiger partial charge in [0.05, 0.1) is 15.9 Å². The molecule has 6 aromatic rings. The second-order valence-corrected chi connectivity index (χ2v) is 13.7. The standard InChI is InChI=1S/C34H34N8S3/c1-18-13-20(3)28(21(4)14-18)37-31-29(39-40-32-38-33(43-8)41-45-32)22(5)17-27(36-31)42(30-23(6)15-19(2)16-24(30)7)34-35-25-11-9-10-12-26(25)44-34/h9-17H,1-8H3,(H,36,37). The topological polar surface area (TPSA) is 91.5 Å². The molecule has 3 heterocycles. The highest BCUT2D eigenvalue weighted by molar-refractivity contribution is 7.98. The van der Waals surface area contributed by atoms with Crippen LogP contribution < -0.4 is 10.2 Å². The maximum absolute atomic E-state index is 5.29. The molecular weight excluding hydrogens is 617 g/mol. The van der Waals surface area contributed by atoms with Crippen LogP contribution in [0.1, 0.15) is 38.9 Å². The average molecular weight is 651 g/mol. The van der Waals surface area contributed by atoms with Crippen molar-refractivity contribution < 1.29 is 0 Å². The molecule has 1 N–H and O–H groups in total. The van der Waals surface area contributed by atoms with Crippen LogP contribution in [0.4, 0.5) is 39.0 Å². The molecule has 0 amide bonds. The molecule has 0 unspecified atom stereocenters. The Morgan fingerprint density at radius 3 is 2.07 bits per heavy atom. The van der Waals surface area contributed by atoms with Crippen molar-refractivity contribution in [1.82, 2.24) is 19.3 Å². The SMILES string of the molecule is CSc1nsc(N=Nc2c(C)cc(N(c3nc4ccccc4s3)c3c(C)cc(C)cc3C)nc2Nc2c(C)cc(C)cc2C)n1. The van der Waals surface area contributed by atoms with E-state index in [2.05, 4.69) is 109 Å². The van der Waals surface area contributed by atoms with E-state index in [-0.39, 0.29) is 0 Å². The lowest BCUT2D eigenvalue weighted by atomic mass is 10.0. The molecule has 45 heavy (non-hydrogen) atoms. The van der Waals surface area contributed by atoms with Crippen molar-refractivity contribution in [2.45, 2.75) is 53.6 Å². The molecule has 6 rings (SSSR count). The molecule has 0 bridgehead atoms. The number of thioether (sulfide) groups is 1. The first-order chi connectivity index (χ1) is 21.6. The Balaban J connectivity index is 1.57. The second-order valence-electron chi connectivity index (χ2n) is 11.2. The van der Waals surface area contributed by atoms with Crippen LogP contribution in [0.25, 0.3) is 10.2 Å². The highest BCUT2D eigenvalue weighted by atomic mass is 32.2. The summed E-state index contributed by atoms with van der Waals surface area (Å²) in [6.45, 7) is 14.8. The lowest BCUT2D eigenvalue weighted by Crippen LogP contribution is -2.15. The van der Waals surface area contributed by atoms with E-state index in [9.17, 15) is 0 Å². The number of thiazole rings is 1. The Hall–Kier alpha value is -4.19. The zero-order valence-corrected chi connectivity index (χ0v) is 29.0. The fourth-order valence-corrected chi connectivity index (χ4v) is 7.71. The molecule has 0 aliphatic heterocycles. The van der Waals surface area contributed by atoms with Gasteiger partial charge >= 0.3 is 0 Å². The number of nitrogens with zero attached hydrogens (tertiary/aromatic N) is 7. The minimum atomic E-state index is 0.499. The van der Waals surface area contributed by atoms with Crippen LogP contribution in [-0.2, 0) is 0 Å². The molecule has 0 aliphatic rings. The van der Waals surface area contributed by atoms with E-state index in [1.54, 1.807) is 11.3 Å². The summed E-state index contributed by atoms with van der Waals surface area (Å²) in [5.41, 5.74) is 11.5. The second kappa shape index (κ2) is 12.7. The maximum Gasteiger partial charge on any atom is 0.250 e. The van der Waals surface area contributed by atoms with Gasteiger partial charge in [-0.1, -0.05) is 70.6 Å². The van der Waals surface area contributed by atoms with Gasteiger partial charge in [0.15, 0.2) is 10.9 Å². The molecule has 3 aromatic carbocycles. The minimum Gasteiger partial charge on any atom is -0.338 e. The Morgan fingerprint density at radius 2 is 1.42 bits per heavy atom. The van der Waals surface area contributed by atoms with Gasteiger partial charge in [0.1, 0.15) is 11.5 Å². The number of aryl methyl sites for hydroxylation is 7. The molecule has 8 nitrogen and oxygen atoms in total. The van der Waals surface area contributed by atoms with Crippen molar-refractivity contribution in [3.63, 3.8) is 0 Å². The van der Waals surface area contributed by atoms with E-state index in [0.717, 1.165) is 60.4 Å². The van der Waals surface area contributed by atoms with Gasteiger partial charge in [-0.15, -0.1) is 10.2 Å². The molecule has 11 heteroatoms. The third-order valence-electron chi connectivity index (χ3n) is 7.47. The third-order valence-corrected chi connectivity index (χ3v) is 9.75. The predicted molar refractivity (Wildman–Crippen MR) is 191 cm³/mol. The number of azo groups is 1. The molecule has 3 aromatic heterocycles. The lowest BCUT2D eigenvalue weighted by molar-refractivity contribution is 1.05. The van der Waals surface area contributed by atoms with E-state index in [1.807, 2.05) is 25.3 Å². The van der Waals surface area contributed by atoms with Crippen molar-refractivity contribution in [3.05, 3.63) is 93.5 Å². The lowest BCUT2D eigenvalue weighted by Gasteiger charge is -2.27. The number of hydrogen-bond acceptors (Lipinski definition) is 11. The van der Waals surface area contributed by atoms with Crippen LogP contribution >= 0.6 is 34.6 Å². The van der Waals surface area contributed by atoms with Crippen molar-refractivity contribution in [2.75, 3.05) is 16.5 Å². The van der Waals surface area contributed by atoms with Gasteiger partial charge in [0, 0.05) is 17.2 Å². The van der Waals surface area contributed by atoms with Gasteiger partial charge in [-0.05, 0) is 101 Å². The van der Waals surface area contributed by atoms with Crippen LogP contribution in [0.3, 0.4) is 0 Å². The number of benzene rings is 3. The van der Waals surface area contributed by atoms with Gasteiger partial charge < -0.3 is 5.32 Å². The zero-order chi connectivity index (χ0) is 31.8. The number of hydrogen-bond donors (Lipinski definition) is 1. The number of anilines is 5. The molecule has 0 aliphatic carbocycles. The number of aromatic nitrogens is 4. The first-order valence-electron chi connectivity index (χ1n) is 14.5. The quantitative estimate of drug-likeness (QED) is 0.129. The number of nitrogens with one attached hydrogen (secondary N) is 1. The number of rotatable bonds is 8. The minimum absolute atomic E-state index is 0.499. The fraction of sp³-hybridized carbons (Fsp3) is 0.235. The molecule has 228 valence electrons. The summed E-state index contributed by atoms with van der Waals surface area (Å²) in [6, 6.07) is 19.1. The summed E-state index contributed by atoms with van der Waals surface area (Å²) in [4.78, 5) is 17.0. The Labute approximate surface area is 275 Å². The molecule has 0 saturated carbocycles. The zero-order valence-electron chi connectivity index (χ0n) is 26.6. The molecule has 0 spiro atoms. The first kappa shape index (κ1) is 30.8. The van der Waals surface area contributed by atoms with Crippen LogP contribution in [0.2, 0.25) is 0 Å². The summed E-state index contributed by atoms with van der Waals surface area (Å²) in [5.74, 6) is 1.35. The van der Waals surface area contributed by atoms with Gasteiger partial charge in [0.2, 0.25) is 10.3 Å².